The van der Waals surface area contributed by atoms with Crippen molar-refractivity contribution < 1.29 is 0 Å². The number of nitriles is 1. The van der Waals surface area contributed by atoms with Gasteiger partial charge in [0.05, 0.1) is 6.07 Å². The highest BCUT2D eigenvalue weighted by atomic mass is 14.2. The molecule has 0 heterocycles. The summed E-state index contributed by atoms with van der Waals surface area (Å²) in [4.78, 5) is 0. The van der Waals surface area contributed by atoms with Gasteiger partial charge < -0.3 is 0 Å². The standard InChI is InChI=1S/C11H19N/c1-2-3-4-5-6-7-8-9-10-11-12/h5-6H,2-4,7-10H2,1H3/b6-5+. The van der Waals surface area contributed by atoms with Crippen LogP contribution in [0.4, 0.5) is 0 Å². The van der Waals surface area contributed by atoms with Crippen molar-refractivity contribution in [3.63, 3.8) is 0 Å². The van der Waals surface area contributed by atoms with E-state index in [1.807, 2.05) is 0 Å². The Balaban J connectivity index is 2.98. The fraction of sp³-hybridized carbons (Fsp3) is 0.727. The zero-order chi connectivity index (χ0) is 9.07. The Bertz CT molecular complexity index is 142. The largest absolute Gasteiger partial charge is 0.198 e. The summed E-state index contributed by atoms with van der Waals surface area (Å²) in [5.74, 6) is 0. The molecule has 0 spiro atoms. The lowest BCUT2D eigenvalue weighted by Crippen LogP contribution is -1.72. The van der Waals surface area contributed by atoms with E-state index in [0.29, 0.717) is 6.42 Å². The SMILES string of the molecule is CCCC/C=C/CCCCC#N. The van der Waals surface area contributed by atoms with E-state index in [2.05, 4.69) is 25.1 Å². The van der Waals surface area contributed by atoms with Gasteiger partial charge in [0.15, 0.2) is 0 Å². The number of rotatable bonds is 7. The van der Waals surface area contributed by atoms with Gasteiger partial charge >= 0.3 is 0 Å². The first kappa shape index (κ1) is 11.2. The molecule has 0 saturated heterocycles. The molecule has 0 amide bonds. The third-order valence-corrected chi connectivity index (χ3v) is 1.80. The van der Waals surface area contributed by atoms with Crippen molar-refractivity contribution in [1.82, 2.24) is 0 Å². The highest BCUT2D eigenvalue weighted by Gasteiger charge is 1.83. The average Bonchev–Trinajstić information content (AvgIpc) is 2.10. The maximum atomic E-state index is 8.27. The Kier molecular flexibility index (Phi) is 9.57. The quantitative estimate of drug-likeness (QED) is 0.415. The van der Waals surface area contributed by atoms with Crippen LogP contribution in [0.15, 0.2) is 12.2 Å². The van der Waals surface area contributed by atoms with Gasteiger partial charge in [0.25, 0.3) is 0 Å². The lowest BCUT2D eigenvalue weighted by atomic mass is 10.2. The van der Waals surface area contributed by atoms with Crippen LogP contribution in [0.1, 0.15) is 51.9 Å². The van der Waals surface area contributed by atoms with Gasteiger partial charge in [0.2, 0.25) is 0 Å². The van der Waals surface area contributed by atoms with Gasteiger partial charge in [-0.2, -0.15) is 5.26 Å². The van der Waals surface area contributed by atoms with Crippen LogP contribution in [0.25, 0.3) is 0 Å². The van der Waals surface area contributed by atoms with Crippen LogP contribution in [-0.4, -0.2) is 0 Å². The van der Waals surface area contributed by atoms with Gasteiger partial charge in [0, 0.05) is 6.42 Å². The minimum Gasteiger partial charge on any atom is -0.198 e. The molecule has 0 aromatic heterocycles. The minimum atomic E-state index is 0.711. The molecule has 0 saturated carbocycles. The lowest BCUT2D eigenvalue weighted by molar-refractivity contribution is 0.761. The summed E-state index contributed by atoms with van der Waals surface area (Å²) in [5.41, 5.74) is 0. The Hall–Kier alpha value is -0.770. The maximum absolute atomic E-state index is 8.27. The number of hydrogen-bond donors (Lipinski definition) is 0. The highest BCUT2D eigenvalue weighted by Crippen LogP contribution is 2.01. The highest BCUT2D eigenvalue weighted by molar-refractivity contribution is 4.81. The molecule has 0 fully saturated rings. The van der Waals surface area contributed by atoms with E-state index < -0.39 is 0 Å². The normalized spacial score (nSPS) is 10.3. The van der Waals surface area contributed by atoms with Gasteiger partial charge in [0.1, 0.15) is 0 Å². The average molecular weight is 165 g/mol. The van der Waals surface area contributed by atoms with E-state index >= 15 is 0 Å². The summed E-state index contributed by atoms with van der Waals surface area (Å²) in [5, 5.41) is 8.27. The Morgan fingerprint density at radius 2 is 1.75 bits per heavy atom. The van der Waals surface area contributed by atoms with Gasteiger partial charge in [-0.25, -0.2) is 0 Å². The van der Waals surface area contributed by atoms with E-state index in [0.717, 1.165) is 19.3 Å². The third kappa shape index (κ3) is 9.23. The van der Waals surface area contributed by atoms with Crippen molar-refractivity contribution in [1.29, 1.82) is 5.26 Å². The minimum absolute atomic E-state index is 0.711. The predicted octanol–water partition coefficient (Wildman–Crippen LogP) is 3.82. The molecule has 0 aromatic rings. The summed E-state index contributed by atoms with van der Waals surface area (Å²) in [6.45, 7) is 2.21. The van der Waals surface area contributed by atoms with Gasteiger partial charge in [-0.05, 0) is 25.7 Å². The second-order valence-electron chi connectivity index (χ2n) is 3.02. The maximum Gasteiger partial charge on any atom is 0.0621 e. The monoisotopic (exact) mass is 165 g/mol. The van der Waals surface area contributed by atoms with E-state index in [-0.39, 0.29) is 0 Å². The van der Waals surface area contributed by atoms with Crippen LogP contribution in [0.5, 0.6) is 0 Å². The molecule has 0 radical (unpaired) electrons. The van der Waals surface area contributed by atoms with Crippen molar-refractivity contribution in [3.8, 4) is 6.07 Å². The van der Waals surface area contributed by atoms with Crippen molar-refractivity contribution in [3.05, 3.63) is 12.2 Å². The van der Waals surface area contributed by atoms with Crippen molar-refractivity contribution >= 4 is 0 Å². The Labute approximate surface area is 76.1 Å². The lowest BCUT2D eigenvalue weighted by Gasteiger charge is -1.91. The summed E-state index contributed by atoms with van der Waals surface area (Å²) in [7, 11) is 0. The molecule has 0 aliphatic carbocycles. The van der Waals surface area contributed by atoms with Crippen LogP contribution < -0.4 is 0 Å². The van der Waals surface area contributed by atoms with E-state index in [1.54, 1.807) is 0 Å². The molecule has 0 aliphatic heterocycles. The van der Waals surface area contributed by atoms with Crippen LogP contribution in [0.3, 0.4) is 0 Å². The van der Waals surface area contributed by atoms with E-state index in [1.165, 1.54) is 19.3 Å². The second kappa shape index (κ2) is 10.2. The molecule has 0 bridgehead atoms. The summed E-state index contributed by atoms with van der Waals surface area (Å²) < 4.78 is 0. The first-order chi connectivity index (χ1) is 5.91. The molecule has 0 aliphatic rings. The third-order valence-electron chi connectivity index (χ3n) is 1.80. The fourth-order valence-electron chi connectivity index (χ4n) is 1.02. The summed E-state index contributed by atoms with van der Waals surface area (Å²) >= 11 is 0. The predicted molar refractivity (Wildman–Crippen MR) is 52.7 cm³/mol. The number of hydrogen-bond acceptors (Lipinski definition) is 1. The number of unbranched alkanes of at least 4 members (excludes halogenated alkanes) is 5. The van der Waals surface area contributed by atoms with Crippen molar-refractivity contribution in [2.75, 3.05) is 0 Å². The molecule has 0 aromatic carbocycles. The molecule has 1 heteroatoms. The first-order valence-electron chi connectivity index (χ1n) is 4.93. The molecular weight excluding hydrogens is 146 g/mol. The molecule has 1 nitrogen and oxygen atoms in total. The number of nitrogens with zero attached hydrogens (tertiary/aromatic N) is 1. The topological polar surface area (TPSA) is 23.8 Å². The van der Waals surface area contributed by atoms with Gasteiger partial charge in [-0.1, -0.05) is 31.9 Å². The fourth-order valence-corrected chi connectivity index (χ4v) is 1.02. The molecule has 0 rings (SSSR count). The van der Waals surface area contributed by atoms with E-state index in [4.69, 9.17) is 5.26 Å². The van der Waals surface area contributed by atoms with Crippen molar-refractivity contribution in [2.24, 2.45) is 0 Å². The number of allylic oxidation sites excluding steroid dienone is 2. The van der Waals surface area contributed by atoms with Crippen LogP contribution in [0, 0.1) is 11.3 Å². The Morgan fingerprint density at radius 1 is 1.08 bits per heavy atom. The van der Waals surface area contributed by atoms with Gasteiger partial charge in [-0.15, -0.1) is 0 Å². The zero-order valence-electron chi connectivity index (χ0n) is 8.05. The van der Waals surface area contributed by atoms with Crippen LogP contribution in [-0.2, 0) is 0 Å². The smallest absolute Gasteiger partial charge is 0.0621 e. The molecule has 68 valence electrons. The summed E-state index contributed by atoms with van der Waals surface area (Å²) in [6, 6.07) is 2.15. The zero-order valence-corrected chi connectivity index (χ0v) is 8.05. The molecule has 0 N–H and O–H groups in total. The molecule has 0 unspecified atom stereocenters. The second-order valence-corrected chi connectivity index (χ2v) is 3.02. The molecule has 0 atom stereocenters. The van der Waals surface area contributed by atoms with E-state index in [9.17, 15) is 0 Å². The molecular formula is C11H19N. The summed E-state index contributed by atoms with van der Waals surface area (Å²) in [6.07, 6.45) is 12.4. The van der Waals surface area contributed by atoms with Crippen LogP contribution in [0.2, 0.25) is 0 Å². The first-order valence-corrected chi connectivity index (χ1v) is 4.93. The Morgan fingerprint density at radius 3 is 2.33 bits per heavy atom. The van der Waals surface area contributed by atoms with Crippen LogP contribution >= 0.6 is 0 Å². The van der Waals surface area contributed by atoms with Gasteiger partial charge in [-0.3, -0.25) is 0 Å². The molecule has 12 heavy (non-hydrogen) atoms. The van der Waals surface area contributed by atoms with Crippen molar-refractivity contribution in [2.45, 2.75) is 51.9 Å².